The normalized spacial score (nSPS) is 21.7. The summed E-state index contributed by atoms with van der Waals surface area (Å²) < 4.78 is 29.3. The lowest BCUT2D eigenvalue weighted by Crippen LogP contribution is -2.38. The van der Waals surface area contributed by atoms with Crippen molar-refractivity contribution < 1.29 is 13.2 Å². The Morgan fingerprint density at radius 1 is 1.53 bits per heavy atom. The van der Waals surface area contributed by atoms with Crippen LogP contribution in [0.2, 0.25) is 0 Å². The number of ether oxygens (including phenoxy) is 1. The van der Waals surface area contributed by atoms with Crippen molar-refractivity contribution in [2.24, 2.45) is 10.7 Å². The van der Waals surface area contributed by atoms with E-state index in [4.69, 9.17) is 10.5 Å². The lowest BCUT2D eigenvalue weighted by atomic mass is 10.2. The molecule has 0 spiro atoms. The van der Waals surface area contributed by atoms with E-state index in [0.29, 0.717) is 19.0 Å². The summed E-state index contributed by atoms with van der Waals surface area (Å²) in [6, 6.07) is 0. The average Bonchev–Trinajstić information content (AvgIpc) is 2.73. The van der Waals surface area contributed by atoms with Gasteiger partial charge in [0.25, 0.3) is 0 Å². The first-order valence-corrected chi connectivity index (χ1v) is 7.46. The van der Waals surface area contributed by atoms with E-state index in [1.54, 1.807) is 0 Å². The maximum Gasteiger partial charge on any atom is 0.208 e. The van der Waals surface area contributed by atoms with Crippen molar-refractivity contribution in [3.05, 3.63) is 0 Å². The summed E-state index contributed by atoms with van der Waals surface area (Å²) in [5, 5.41) is 2.82. The quantitative estimate of drug-likeness (QED) is 0.311. The van der Waals surface area contributed by atoms with Crippen LogP contribution in [0.15, 0.2) is 4.99 Å². The van der Waals surface area contributed by atoms with Gasteiger partial charge in [-0.15, -0.1) is 0 Å². The zero-order chi connectivity index (χ0) is 12.7. The molecule has 100 valence electrons. The van der Waals surface area contributed by atoms with E-state index < -0.39 is 10.0 Å². The Morgan fingerprint density at radius 2 is 2.29 bits per heavy atom. The number of guanidine groups is 1. The molecule has 1 saturated heterocycles. The molecule has 1 atom stereocenters. The van der Waals surface area contributed by atoms with Gasteiger partial charge in [0.15, 0.2) is 5.96 Å². The number of sulfonamides is 1. The lowest BCUT2D eigenvalue weighted by Gasteiger charge is -2.08. The van der Waals surface area contributed by atoms with Crippen LogP contribution < -0.4 is 15.8 Å². The third-order valence-electron chi connectivity index (χ3n) is 2.28. The highest BCUT2D eigenvalue weighted by Crippen LogP contribution is 2.11. The molecular formula is C9H20N4O3S. The Hall–Kier alpha value is -0.860. The van der Waals surface area contributed by atoms with Crippen LogP contribution in [0, 0.1) is 0 Å². The average molecular weight is 264 g/mol. The molecule has 1 aliphatic rings. The summed E-state index contributed by atoms with van der Waals surface area (Å²) in [6.07, 6.45) is 3.38. The van der Waals surface area contributed by atoms with Gasteiger partial charge in [0, 0.05) is 19.7 Å². The van der Waals surface area contributed by atoms with Gasteiger partial charge < -0.3 is 15.8 Å². The highest BCUT2D eigenvalue weighted by Gasteiger charge is 2.14. The number of nitrogens with one attached hydrogen (secondary N) is 2. The second-order valence-corrected chi connectivity index (χ2v) is 5.79. The smallest absolute Gasteiger partial charge is 0.208 e. The molecule has 0 bridgehead atoms. The molecule has 0 aliphatic carbocycles. The van der Waals surface area contributed by atoms with E-state index >= 15 is 0 Å². The third-order valence-corrected chi connectivity index (χ3v) is 3.01. The summed E-state index contributed by atoms with van der Waals surface area (Å²) in [4.78, 5) is 4.12. The fourth-order valence-corrected chi connectivity index (χ4v) is 1.94. The molecule has 0 aromatic heterocycles. The first-order valence-electron chi connectivity index (χ1n) is 5.57. The van der Waals surface area contributed by atoms with Gasteiger partial charge in [0.05, 0.1) is 18.9 Å². The zero-order valence-electron chi connectivity index (χ0n) is 9.98. The molecule has 17 heavy (non-hydrogen) atoms. The van der Waals surface area contributed by atoms with Crippen LogP contribution in [-0.2, 0) is 14.8 Å². The minimum atomic E-state index is -3.14. The Bertz CT molecular complexity index is 349. The minimum absolute atomic E-state index is 0.171. The van der Waals surface area contributed by atoms with Crippen molar-refractivity contribution in [1.82, 2.24) is 10.0 Å². The standard InChI is InChI=1S/C9H20N4O3S/c1-17(14,15)13-5-4-11-9(10)12-7-8-3-2-6-16-8/h8,13H,2-7H2,1H3,(H3,10,11,12). The maximum absolute atomic E-state index is 10.8. The fraction of sp³-hybridized carbons (Fsp3) is 0.889. The number of aliphatic imine (C=N–C) groups is 1. The molecule has 1 rings (SSSR count). The van der Waals surface area contributed by atoms with Crippen LogP contribution >= 0.6 is 0 Å². The van der Waals surface area contributed by atoms with E-state index in [-0.39, 0.29) is 12.6 Å². The molecule has 7 nitrogen and oxygen atoms in total. The third kappa shape index (κ3) is 7.14. The van der Waals surface area contributed by atoms with E-state index in [1.165, 1.54) is 0 Å². The molecule has 0 aromatic carbocycles. The Labute approximate surface area is 102 Å². The molecule has 1 aliphatic heterocycles. The van der Waals surface area contributed by atoms with Gasteiger partial charge in [-0.05, 0) is 12.8 Å². The Balaban J connectivity index is 2.11. The van der Waals surface area contributed by atoms with Gasteiger partial charge in [0.1, 0.15) is 0 Å². The minimum Gasteiger partial charge on any atom is -0.376 e. The lowest BCUT2D eigenvalue weighted by molar-refractivity contribution is 0.118. The van der Waals surface area contributed by atoms with Crippen molar-refractivity contribution in [1.29, 1.82) is 0 Å². The second-order valence-electron chi connectivity index (χ2n) is 3.95. The van der Waals surface area contributed by atoms with Crippen molar-refractivity contribution in [3.63, 3.8) is 0 Å². The molecule has 0 radical (unpaired) electrons. The van der Waals surface area contributed by atoms with E-state index in [0.717, 1.165) is 25.7 Å². The molecular weight excluding hydrogens is 244 g/mol. The van der Waals surface area contributed by atoms with E-state index in [1.807, 2.05) is 0 Å². The van der Waals surface area contributed by atoms with Crippen LogP contribution in [0.1, 0.15) is 12.8 Å². The predicted molar refractivity (Wildman–Crippen MR) is 66.3 cm³/mol. The van der Waals surface area contributed by atoms with Gasteiger partial charge in [-0.2, -0.15) is 0 Å². The largest absolute Gasteiger partial charge is 0.376 e. The van der Waals surface area contributed by atoms with Crippen molar-refractivity contribution in [2.75, 3.05) is 32.5 Å². The summed E-state index contributed by atoms with van der Waals surface area (Å²) >= 11 is 0. The summed E-state index contributed by atoms with van der Waals surface area (Å²) in [6.45, 7) is 2.05. The first-order chi connectivity index (χ1) is 7.97. The molecule has 0 amide bonds. The van der Waals surface area contributed by atoms with Crippen molar-refractivity contribution >= 4 is 16.0 Å². The van der Waals surface area contributed by atoms with Crippen molar-refractivity contribution in [2.45, 2.75) is 18.9 Å². The topological polar surface area (TPSA) is 106 Å². The SMILES string of the molecule is CS(=O)(=O)NCCNC(N)=NCC1CCCO1. The van der Waals surface area contributed by atoms with E-state index in [2.05, 4.69) is 15.0 Å². The Morgan fingerprint density at radius 3 is 2.88 bits per heavy atom. The van der Waals surface area contributed by atoms with Gasteiger partial charge in [-0.25, -0.2) is 13.1 Å². The van der Waals surface area contributed by atoms with Crippen molar-refractivity contribution in [3.8, 4) is 0 Å². The summed E-state index contributed by atoms with van der Waals surface area (Å²) in [7, 11) is -3.14. The number of nitrogens with two attached hydrogens (primary N) is 1. The molecule has 4 N–H and O–H groups in total. The van der Waals surface area contributed by atoms with Gasteiger partial charge in [0.2, 0.25) is 10.0 Å². The molecule has 0 saturated carbocycles. The van der Waals surface area contributed by atoms with E-state index in [9.17, 15) is 8.42 Å². The van der Waals surface area contributed by atoms with Crippen LogP contribution in [0.4, 0.5) is 0 Å². The van der Waals surface area contributed by atoms with Crippen LogP contribution in [0.25, 0.3) is 0 Å². The fourth-order valence-electron chi connectivity index (χ4n) is 1.47. The number of hydrogen-bond donors (Lipinski definition) is 3. The van der Waals surface area contributed by atoms with Gasteiger partial charge >= 0.3 is 0 Å². The summed E-state index contributed by atoms with van der Waals surface area (Å²) in [5.41, 5.74) is 5.61. The molecule has 1 heterocycles. The Kier molecular flexibility index (Phi) is 5.66. The highest BCUT2D eigenvalue weighted by atomic mass is 32.2. The molecule has 8 heteroatoms. The highest BCUT2D eigenvalue weighted by molar-refractivity contribution is 7.88. The zero-order valence-corrected chi connectivity index (χ0v) is 10.8. The predicted octanol–water partition coefficient (Wildman–Crippen LogP) is -1.38. The second kappa shape index (κ2) is 6.77. The summed E-state index contributed by atoms with van der Waals surface area (Å²) in [5.74, 6) is 0.316. The van der Waals surface area contributed by atoms with Crippen LogP contribution in [-0.4, -0.2) is 53.0 Å². The van der Waals surface area contributed by atoms with Crippen LogP contribution in [0.5, 0.6) is 0 Å². The number of nitrogens with zero attached hydrogens (tertiary/aromatic N) is 1. The number of rotatable bonds is 6. The van der Waals surface area contributed by atoms with Crippen LogP contribution in [0.3, 0.4) is 0 Å². The van der Waals surface area contributed by atoms with Gasteiger partial charge in [-0.3, -0.25) is 4.99 Å². The maximum atomic E-state index is 10.8. The van der Waals surface area contributed by atoms with Gasteiger partial charge in [-0.1, -0.05) is 0 Å². The molecule has 1 unspecified atom stereocenters. The molecule has 1 fully saturated rings. The monoisotopic (exact) mass is 264 g/mol. The molecule has 0 aromatic rings. The first kappa shape index (κ1) is 14.2. The number of hydrogen-bond acceptors (Lipinski definition) is 4.